The number of rotatable bonds is 0. The maximum atomic E-state index is 11.0. The minimum atomic E-state index is 0.0462. The second-order valence-electron chi connectivity index (χ2n) is 4.18. The number of carbonyl (C=O) groups excluding carboxylic acids is 1. The standard InChI is InChI=1S/C8H16N2O/c1-8(2,3)6-5-9-7(11)10(6)4/h6H,5H2,1-4H3,(H,9,11). The van der Waals surface area contributed by atoms with Gasteiger partial charge in [-0.15, -0.1) is 0 Å². The van der Waals surface area contributed by atoms with Crippen LogP contribution in [0.5, 0.6) is 0 Å². The largest absolute Gasteiger partial charge is 0.336 e. The number of hydrogen-bond acceptors (Lipinski definition) is 1. The third kappa shape index (κ3) is 1.47. The fourth-order valence-corrected chi connectivity index (χ4v) is 1.47. The molecule has 0 aromatic carbocycles. The Hall–Kier alpha value is -0.730. The molecule has 1 unspecified atom stereocenters. The highest BCUT2D eigenvalue weighted by molar-refractivity contribution is 5.76. The molecule has 0 radical (unpaired) electrons. The van der Waals surface area contributed by atoms with Crippen LogP contribution in [-0.2, 0) is 0 Å². The summed E-state index contributed by atoms with van der Waals surface area (Å²) in [5, 5.41) is 2.81. The Morgan fingerprint density at radius 2 is 2.09 bits per heavy atom. The van der Waals surface area contributed by atoms with Crippen LogP contribution in [-0.4, -0.2) is 30.6 Å². The highest BCUT2D eigenvalue weighted by Crippen LogP contribution is 2.25. The van der Waals surface area contributed by atoms with Crippen molar-refractivity contribution in [2.75, 3.05) is 13.6 Å². The summed E-state index contributed by atoms with van der Waals surface area (Å²) in [6.07, 6.45) is 0. The first-order valence-corrected chi connectivity index (χ1v) is 3.93. The molecule has 1 aliphatic heterocycles. The summed E-state index contributed by atoms with van der Waals surface area (Å²) in [4.78, 5) is 12.8. The van der Waals surface area contributed by atoms with Crippen molar-refractivity contribution in [2.24, 2.45) is 5.41 Å². The number of likely N-dealkylation sites (N-methyl/N-ethyl adjacent to an activating group) is 1. The van der Waals surface area contributed by atoms with Gasteiger partial charge in [-0.1, -0.05) is 20.8 Å². The average molecular weight is 156 g/mol. The molecular weight excluding hydrogens is 140 g/mol. The third-order valence-corrected chi connectivity index (χ3v) is 2.23. The summed E-state index contributed by atoms with van der Waals surface area (Å²) in [5.74, 6) is 0. The predicted octanol–water partition coefficient (Wildman–Crippen LogP) is 1.06. The molecule has 1 saturated heterocycles. The lowest BCUT2D eigenvalue weighted by molar-refractivity contribution is 0.174. The topological polar surface area (TPSA) is 32.3 Å². The summed E-state index contributed by atoms with van der Waals surface area (Å²) >= 11 is 0. The molecule has 11 heavy (non-hydrogen) atoms. The predicted molar refractivity (Wildman–Crippen MR) is 44.4 cm³/mol. The summed E-state index contributed by atoms with van der Waals surface area (Å²) in [7, 11) is 1.85. The van der Waals surface area contributed by atoms with Gasteiger partial charge in [0.25, 0.3) is 0 Å². The molecule has 1 aliphatic rings. The van der Waals surface area contributed by atoms with E-state index in [0.29, 0.717) is 6.04 Å². The van der Waals surface area contributed by atoms with E-state index in [2.05, 4.69) is 26.1 Å². The number of amides is 2. The van der Waals surface area contributed by atoms with Crippen LogP contribution in [0.1, 0.15) is 20.8 Å². The lowest BCUT2D eigenvalue weighted by Gasteiger charge is -2.30. The van der Waals surface area contributed by atoms with E-state index >= 15 is 0 Å². The van der Waals surface area contributed by atoms with Gasteiger partial charge in [0, 0.05) is 13.6 Å². The zero-order chi connectivity index (χ0) is 8.65. The highest BCUT2D eigenvalue weighted by Gasteiger charge is 2.35. The Kier molecular flexibility index (Phi) is 1.82. The summed E-state index contributed by atoms with van der Waals surface area (Å²) in [5.41, 5.74) is 0.175. The molecule has 0 aromatic heterocycles. The number of nitrogens with zero attached hydrogens (tertiary/aromatic N) is 1. The summed E-state index contributed by atoms with van der Waals surface area (Å²) < 4.78 is 0. The SMILES string of the molecule is CN1C(=O)NCC1C(C)(C)C. The van der Waals surface area contributed by atoms with Crippen molar-refractivity contribution < 1.29 is 4.79 Å². The first kappa shape index (κ1) is 8.37. The number of urea groups is 1. The van der Waals surface area contributed by atoms with E-state index in [4.69, 9.17) is 0 Å². The Morgan fingerprint density at radius 1 is 1.55 bits per heavy atom. The molecule has 0 saturated carbocycles. The van der Waals surface area contributed by atoms with E-state index < -0.39 is 0 Å². The van der Waals surface area contributed by atoms with Crippen LogP contribution in [0.3, 0.4) is 0 Å². The van der Waals surface area contributed by atoms with Gasteiger partial charge in [0.2, 0.25) is 0 Å². The van der Waals surface area contributed by atoms with E-state index in [1.165, 1.54) is 0 Å². The second-order valence-corrected chi connectivity index (χ2v) is 4.18. The molecule has 1 fully saturated rings. The molecule has 3 nitrogen and oxygen atoms in total. The average Bonchev–Trinajstić information content (AvgIpc) is 2.11. The van der Waals surface area contributed by atoms with Gasteiger partial charge in [-0.25, -0.2) is 4.79 Å². The van der Waals surface area contributed by atoms with Crippen molar-refractivity contribution in [1.82, 2.24) is 10.2 Å². The molecule has 1 heterocycles. The number of nitrogens with one attached hydrogen (secondary N) is 1. The van der Waals surface area contributed by atoms with E-state index in [0.717, 1.165) is 6.54 Å². The molecule has 1 N–H and O–H groups in total. The Balaban J connectivity index is 2.70. The van der Waals surface area contributed by atoms with Crippen LogP contribution < -0.4 is 5.32 Å². The quantitative estimate of drug-likeness (QED) is 0.558. The fourth-order valence-electron chi connectivity index (χ4n) is 1.47. The molecule has 1 atom stereocenters. The van der Waals surface area contributed by atoms with Gasteiger partial charge in [-0.2, -0.15) is 0 Å². The van der Waals surface area contributed by atoms with Crippen LogP contribution in [0.4, 0.5) is 4.79 Å². The van der Waals surface area contributed by atoms with Crippen molar-refractivity contribution in [1.29, 1.82) is 0 Å². The molecule has 3 heteroatoms. The van der Waals surface area contributed by atoms with Gasteiger partial charge in [0.05, 0.1) is 6.04 Å². The van der Waals surface area contributed by atoms with Crippen molar-refractivity contribution in [3.63, 3.8) is 0 Å². The van der Waals surface area contributed by atoms with Gasteiger partial charge in [0.1, 0.15) is 0 Å². The Labute approximate surface area is 67.8 Å². The van der Waals surface area contributed by atoms with Gasteiger partial charge in [0.15, 0.2) is 0 Å². The molecule has 64 valence electrons. The molecule has 0 bridgehead atoms. The maximum Gasteiger partial charge on any atom is 0.317 e. The molecule has 0 aliphatic carbocycles. The van der Waals surface area contributed by atoms with Crippen LogP contribution in [0.2, 0.25) is 0 Å². The van der Waals surface area contributed by atoms with Gasteiger partial charge in [-0.3, -0.25) is 0 Å². The van der Waals surface area contributed by atoms with Crippen molar-refractivity contribution in [3.05, 3.63) is 0 Å². The van der Waals surface area contributed by atoms with Crippen LogP contribution >= 0.6 is 0 Å². The lowest BCUT2D eigenvalue weighted by atomic mass is 9.87. The first-order chi connectivity index (χ1) is 4.93. The lowest BCUT2D eigenvalue weighted by Crippen LogP contribution is -2.39. The minimum absolute atomic E-state index is 0.0462. The van der Waals surface area contributed by atoms with Crippen LogP contribution in [0, 0.1) is 5.41 Å². The molecular formula is C8H16N2O. The van der Waals surface area contributed by atoms with E-state index in [1.807, 2.05) is 7.05 Å². The zero-order valence-electron chi connectivity index (χ0n) is 7.64. The summed E-state index contributed by atoms with van der Waals surface area (Å²) in [6, 6.07) is 0.375. The monoisotopic (exact) mass is 156 g/mol. The van der Waals surface area contributed by atoms with Crippen LogP contribution in [0.25, 0.3) is 0 Å². The van der Waals surface area contributed by atoms with Gasteiger partial charge < -0.3 is 10.2 Å². The smallest absolute Gasteiger partial charge is 0.317 e. The van der Waals surface area contributed by atoms with Crippen molar-refractivity contribution in [2.45, 2.75) is 26.8 Å². The van der Waals surface area contributed by atoms with Gasteiger partial charge >= 0.3 is 6.03 Å². The van der Waals surface area contributed by atoms with Gasteiger partial charge in [-0.05, 0) is 5.41 Å². The first-order valence-electron chi connectivity index (χ1n) is 3.93. The zero-order valence-corrected chi connectivity index (χ0v) is 7.64. The van der Waals surface area contributed by atoms with Crippen molar-refractivity contribution in [3.8, 4) is 0 Å². The van der Waals surface area contributed by atoms with E-state index in [9.17, 15) is 4.79 Å². The summed E-state index contributed by atoms with van der Waals surface area (Å²) in [6.45, 7) is 7.22. The van der Waals surface area contributed by atoms with Crippen molar-refractivity contribution >= 4 is 6.03 Å². The number of carbonyl (C=O) groups is 1. The molecule has 1 rings (SSSR count). The van der Waals surface area contributed by atoms with Crippen LogP contribution in [0.15, 0.2) is 0 Å². The molecule has 0 spiro atoms. The Bertz CT molecular complexity index is 171. The number of hydrogen-bond donors (Lipinski definition) is 1. The minimum Gasteiger partial charge on any atom is -0.336 e. The fraction of sp³-hybridized carbons (Fsp3) is 0.875. The highest BCUT2D eigenvalue weighted by atomic mass is 16.2. The maximum absolute atomic E-state index is 11.0. The normalized spacial score (nSPS) is 25.6. The molecule has 2 amide bonds. The third-order valence-electron chi connectivity index (χ3n) is 2.23. The Morgan fingerprint density at radius 3 is 2.27 bits per heavy atom. The second kappa shape index (κ2) is 2.40. The molecule has 0 aromatic rings. The van der Waals surface area contributed by atoms with E-state index in [1.54, 1.807) is 4.90 Å². The van der Waals surface area contributed by atoms with E-state index in [-0.39, 0.29) is 11.4 Å².